The number of ether oxygens (including phenoxy) is 1. The molecule has 202 valence electrons. The number of aliphatic hydroxyl groups excluding tert-OH is 1. The smallest absolute Gasteiger partial charge is 0.265 e. The van der Waals surface area contributed by atoms with Crippen LogP contribution in [0, 0.1) is 11.6 Å². The van der Waals surface area contributed by atoms with Gasteiger partial charge in [-0.2, -0.15) is 4.98 Å². The van der Waals surface area contributed by atoms with Gasteiger partial charge in [-0.25, -0.2) is 32.5 Å². The van der Waals surface area contributed by atoms with Gasteiger partial charge >= 0.3 is 0 Å². The van der Waals surface area contributed by atoms with E-state index in [1.807, 2.05) is 0 Å². The first kappa shape index (κ1) is 25.7. The lowest BCUT2D eigenvalue weighted by molar-refractivity contribution is -0.0529. The maximum Gasteiger partial charge on any atom is 0.265 e. The zero-order valence-corrected chi connectivity index (χ0v) is 20.1. The Labute approximate surface area is 213 Å². The van der Waals surface area contributed by atoms with Crippen LogP contribution in [0.25, 0.3) is 22.6 Å². The van der Waals surface area contributed by atoms with Gasteiger partial charge in [0.2, 0.25) is 5.89 Å². The molecule has 4 heterocycles. The number of anilines is 2. The predicted molar refractivity (Wildman–Crippen MR) is 128 cm³/mol. The number of imidazole rings is 1. The second-order valence-corrected chi connectivity index (χ2v) is 9.07. The summed E-state index contributed by atoms with van der Waals surface area (Å²) < 4.78 is 68.4. The van der Waals surface area contributed by atoms with E-state index in [1.54, 1.807) is 9.47 Å². The Morgan fingerprint density at radius 2 is 2.00 bits per heavy atom. The molecule has 1 fully saturated rings. The minimum absolute atomic E-state index is 0.0268. The molecule has 38 heavy (non-hydrogen) atoms. The first-order valence-corrected chi connectivity index (χ1v) is 11.6. The topological polar surface area (TPSA) is 154 Å². The van der Waals surface area contributed by atoms with Crippen LogP contribution in [0.1, 0.15) is 18.6 Å². The van der Waals surface area contributed by atoms with E-state index in [9.17, 15) is 22.7 Å². The Morgan fingerprint density at radius 3 is 2.74 bits per heavy atom. The van der Waals surface area contributed by atoms with Gasteiger partial charge in [-0.15, -0.1) is 0 Å². The van der Waals surface area contributed by atoms with Gasteiger partial charge in [-0.05, 0) is 18.9 Å². The van der Waals surface area contributed by atoms with Gasteiger partial charge in [-0.3, -0.25) is 0 Å². The third kappa shape index (κ3) is 4.47. The number of fused-ring (bicyclic) bond motifs is 1. The summed E-state index contributed by atoms with van der Waals surface area (Å²) in [6.45, 7) is 0.130. The molecule has 0 saturated carbocycles. The molecule has 5 rings (SSSR count). The van der Waals surface area contributed by atoms with Crippen LogP contribution in [-0.4, -0.2) is 67.9 Å². The van der Waals surface area contributed by atoms with Crippen molar-refractivity contribution in [2.75, 3.05) is 30.8 Å². The van der Waals surface area contributed by atoms with E-state index in [-0.39, 0.29) is 54.1 Å². The van der Waals surface area contributed by atoms with Crippen molar-refractivity contribution in [3.05, 3.63) is 42.2 Å². The van der Waals surface area contributed by atoms with Crippen molar-refractivity contribution >= 4 is 22.8 Å². The number of benzene rings is 1. The number of halogens is 4. The lowest BCUT2D eigenvalue weighted by atomic mass is 9.84. The minimum Gasteiger partial charge on any atom is -0.494 e. The summed E-state index contributed by atoms with van der Waals surface area (Å²) >= 11 is 0. The Bertz CT molecular complexity index is 1480. The van der Waals surface area contributed by atoms with Crippen molar-refractivity contribution in [2.45, 2.75) is 37.5 Å². The second kappa shape index (κ2) is 9.72. The van der Waals surface area contributed by atoms with Crippen LogP contribution in [0.15, 0.2) is 29.2 Å². The van der Waals surface area contributed by atoms with E-state index in [1.165, 1.54) is 19.8 Å². The van der Waals surface area contributed by atoms with E-state index in [0.717, 1.165) is 12.1 Å². The second-order valence-electron chi connectivity index (χ2n) is 9.07. The van der Waals surface area contributed by atoms with Crippen LogP contribution in [0.2, 0.25) is 0 Å². The quantitative estimate of drug-likeness (QED) is 0.300. The molecule has 11 nitrogen and oxygen atoms in total. The van der Waals surface area contributed by atoms with Gasteiger partial charge in [0.05, 0.1) is 31.1 Å². The summed E-state index contributed by atoms with van der Waals surface area (Å²) in [5, 5.41) is 10.1. The fourth-order valence-electron chi connectivity index (χ4n) is 4.61. The number of piperidine rings is 1. The number of nitrogens with two attached hydrogens (primary N) is 2. The average molecular weight is 536 g/mol. The molecule has 0 radical (unpaired) electrons. The highest BCUT2D eigenvalue weighted by molar-refractivity contribution is 5.81. The van der Waals surface area contributed by atoms with Crippen LogP contribution in [-0.2, 0) is 6.54 Å². The van der Waals surface area contributed by atoms with E-state index in [0.29, 0.717) is 24.1 Å². The van der Waals surface area contributed by atoms with Crippen LogP contribution < -0.4 is 21.1 Å². The van der Waals surface area contributed by atoms with Crippen molar-refractivity contribution in [2.24, 2.45) is 5.73 Å². The maximum atomic E-state index is 14.9. The minimum atomic E-state index is -3.05. The molecule has 0 amide bonds. The molecule has 1 saturated heterocycles. The number of nitrogens with zero attached hydrogens (tertiary/aromatic N) is 6. The number of nitrogen functional groups attached to an aromatic ring is 1. The third-order valence-corrected chi connectivity index (χ3v) is 6.57. The average Bonchev–Trinajstić information content (AvgIpc) is 3.50. The van der Waals surface area contributed by atoms with Crippen LogP contribution in [0.3, 0.4) is 0 Å². The van der Waals surface area contributed by atoms with Crippen molar-refractivity contribution < 1.29 is 31.8 Å². The third-order valence-electron chi connectivity index (χ3n) is 6.57. The lowest BCUT2D eigenvalue weighted by Gasteiger charge is -2.42. The fraction of sp³-hybridized carbons (Fsp3) is 0.391. The van der Waals surface area contributed by atoms with Gasteiger partial charge in [0.25, 0.3) is 6.43 Å². The molecule has 0 spiro atoms. The highest BCUT2D eigenvalue weighted by Crippen LogP contribution is 2.36. The zero-order chi connectivity index (χ0) is 27.2. The monoisotopic (exact) mass is 536 g/mol. The maximum absolute atomic E-state index is 14.9. The van der Waals surface area contributed by atoms with Crippen molar-refractivity contribution in [3.63, 3.8) is 0 Å². The summed E-state index contributed by atoms with van der Waals surface area (Å²) in [6.07, 6.45) is -1.91. The Kier molecular flexibility index (Phi) is 6.56. The number of alkyl halides is 2. The van der Waals surface area contributed by atoms with Crippen LogP contribution >= 0.6 is 0 Å². The summed E-state index contributed by atoms with van der Waals surface area (Å²) in [6, 6.07) is 1.75. The highest BCUT2D eigenvalue weighted by Gasteiger charge is 2.44. The normalized spacial score (nSPS) is 18.9. The first-order chi connectivity index (χ1) is 18.1. The number of aromatic nitrogens is 5. The van der Waals surface area contributed by atoms with E-state index < -0.39 is 29.7 Å². The molecule has 3 aromatic heterocycles. The summed E-state index contributed by atoms with van der Waals surface area (Å²) in [7, 11) is 1.20. The molecule has 1 aliphatic heterocycles. The number of rotatable bonds is 7. The molecule has 0 bridgehead atoms. The van der Waals surface area contributed by atoms with Crippen molar-refractivity contribution in [3.8, 4) is 17.2 Å². The lowest BCUT2D eigenvalue weighted by Crippen LogP contribution is -2.63. The van der Waals surface area contributed by atoms with E-state index in [2.05, 4.69) is 19.9 Å². The number of methoxy groups -OCH3 is 1. The van der Waals surface area contributed by atoms with E-state index >= 15 is 0 Å². The van der Waals surface area contributed by atoms with E-state index in [4.69, 9.17) is 20.6 Å². The number of hydrogen-bond donors (Lipinski definition) is 3. The SMILES string of the molecule is COc1cc(F)c(-c2nc(N3CCC[C@](N)([C@@H](O)C(F)F)C3)c(Cn3cnc4c(N)ncnc43)o2)cc1F. The predicted octanol–water partition coefficient (Wildman–Crippen LogP) is 2.32. The Balaban J connectivity index is 1.59. The summed E-state index contributed by atoms with van der Waals surface area (Å²) in [5.74, 6) is -1.75. The molecule has 15 heteroatoms. The first-order valence-electron chi connectivity index (χ1n) is 11.6. The van der Waals surface area contributed by atoms with Gasteiger partial charge < -0.3 is 35.2 Å². The summed E-state index contributed by atoms with van der Waals surface area (Å²) in [5.41, 5.74) is 10.9. The molecule has 0 unspecified atom stereocenters. The Morgan fingerprint density at radius 1 is 1.21 bits per heavy atom. The van der Waals surface area contributed by atoms with Gasteiger partial charge in [0, 0.05) is 19.2 Å². The molecule has 2 atom stereocenters. The summed E-state index contributed by atoms with van der Waals surface area (Å²) in [4.78, 5) is 18.3. The largest absolute Gasteiger partial charge is 0.494 e. The fourth-order valence-corrected chi connectivity index (χ4v) is 4.61. The van der Waals surface area contributed by atoms with Gasteiger partial charge in [0.15, 0.2) is 34.6 Å². The number of hydrogen-bond acceptors (Lipinski definition) is 10. The number of oxazole rings is 1. The molecule has 4 aromatic rings. The van der Waals surface area contributed by atoms with Crippen LogP contribution in [0.4, 0.5) is 29.2 Å². The highest BCUT2D eigenvalue weighted by atomic mass is 19.3. The van der Waals surface area contributed by atoms with Crippen molar-refractivity contribution in [1.82, 2.24) is 24.5 Å². The molecule has 1 aliphatic rings. The van der Waals surface area contributed by atoms with Gasteiger partial charge in [0.1, 0.15) is 23.8 Å². The standard InChI is InChI=1S/C23H24F4N8O3/c1-37-14-6-12(24)11(5-13(14)25)22-33-20(34-4-2-3-23(29,8-34)17(36)18(26)27)15(38-22)7-35-10-32-16-19(28)30-9-31-21(16)35/h5-6,9-10,17-18,36H,2-4,7-8,29H2,1H3,(H2,28,30,31)/t17-,23+/m0/s1. The zero-order valence-electron chi connectivity index (χ0n) is 20.1. The molecule has 5 N–H and O–H groups in total. The van der Waals surface area contributed by atoms with Crippen molar-refractivity contribution in [1.29, 1.82) is 0 Å². The Hall–Kier alpha value is -3.98. The molecular weight excluding hydrogens is 512 g/mol. The number of aliphatic hydroxyl groups is 1. The molecular formula is C23H24F4N8O3. The molecule has 1 aromatic carbocycles. The van der Waals surface area contributed by atoms with Crippen LogP contribution in [0.5, 0.6) is 5.75 Å². The van der Waals surface area contributed by atoms with Gasteiger partial charge in [-0.1, -0.05) is 0 Å². The molecule has 0 aliphatic carbocycles.